The number of carbonyl (C=O) groups is 2. The van der Waals surface area contributed by atoms with Gasteiger partial charge >= 0.3 is 0 Å². The Hall–Kier alpha value is -3.12. The molecular formula is C20H18N2O3S. The number of benzene rings is 1. The van der Waals surface area contributed by atoms with Gasteiger partial charge in [0.25, 0.3) is 11.8 Å². The second kappa shape index (κ2) is 7.84. The largest absolute Gasteiger partial charge is 0.459 e. The number of amides is 2. The lowest BCUT2D eigenvalue weighted by atomic mass is 10.2. The average Bonchev–Trinajstić information content (AvgIpc) is 3.30. The molecule has 0 fully saturated rings. The molecule has 2 amide bonds. The highest BCUT2D eigenvalue weighted by atomic mass is 32.1. The van der Waals surface area contributed by atoms with E-state index in [4.69, 9.17) is 4.42 Å². The van der Waals surface area contributed by atoms with Crippen LogP contribution in [0.3, 0.4) is 0 Å². The van der Waals surface area contributed by atoms with Crippen molar-refractivity contribution < 1.29 is 14.0 Å². The van der Waals surface area contributed by atoms with E-state index in [2.05, 4.69) is 11.9 Å². The number of anilines is 2. The highest BCUT2D eigenvalue weighted by Crippen LogP contribution is 2.29. The maximum absolute atomic E-state index is 13.0. The average molecular weight is 366 g/mol. The SMILES string of the molecule is C=CCN(C(=O)c1sc(NC(=O)c2ccco2)cc1C)c1ccccc1. The van der Waals surface area contributed by atoms with Gasteiger partial charge in [-0.25, -0.2) is 0 Å². The molecule has 2 aromatic heterocycles. The van der Waals surface area contributed by atoms with Gasteiger partial charge in [-0.2, -0.15) is 0 Å². The van der Waals surface area contributed by atoms with E-state index in [-0.39, 0.29) is 17.6 Å². The number of thiophene rings is 1. The molecule has 0 bridgehead atoms. The van der Waals surface area contributed by atoms with E-state index in [1.54, 1.807) is 29.2 Å². The first-order valence-electron chi connectivity index (χ1n) is 8.03. The predicted molar refractivity (Wildman–Crippen MR) is 104 cm³/mol. The number of hydrogen-bond donors (Lipinski definition) is 1. The third-order valence-electron chi connectivity index (χ3n) is 3.72. The first kappa shape index (κ1) is 17.7. The summed E-state index contributed by atoms with van der Waals surface area (Å²) in [5, 5.41) is 3.36. The predicted octanol–water partition coefficient (Wildman–Crippen LogP) is 4.73. The van der Waals surface area contributed by atoms with Crippen LogP contribution in [0.5, 0.6) is 0 Å². The van der Waals surface area contributed by atoms with Gasteiger partial charge in [-0.3, -0.25) is 9.59 Å². The van der Waals surface area contributed by atoms with E-state index >= 15 is 0 Å². The zero-order chi connectivity index (χ0) is 18.5. The van der Waals surface area contributed by atoms with E-state index < -0.39 is 0 Å². The van der Waals surface area contributed by atoms with Crippen LogP contribution in [0.1, 0.15) is 25.8 Å². The Labute approximate surface area is 155 Å². The van der Waals surface area contributed by atoms with Crippen LogP contribution in [-0.4, -0.2) is 18.4 Å². The zero-order valence-electron chi connectivity index (χ0n) is 14.3. The Balaban J connectivity index is 1.84. The first-order chi connectivity index (χ1) is 12.6. The van der Waals surface area contributed by atoms with Crippen LogP contribution in [-0.2, 0) is 0 Å². The summed E-state index contributed by atoms with van der Waals surface area (Å²) >= 11 is 1.24. The highest BCUT2D eigenvalue weighted by molar-refractivity contribution is 7.18. The molecule has 0 saturated heterocycles. The van der Waals surface area contributed by atoms with Gasteiger partial charge in [-0.05, 0) is 42.8 Å². The number of aryl methyl sites for hydroxylation is 1. The number of nitrogens with one attached hydrogen (secondary N) is 1. The van der Waals surface area contributed by atoms with Gasteiger partial charge < -0.3 is 14.6 Å². The summed E-state index contributed by atoms with van der Waals surface area (Å²) in [5.41, 5.74) is 1.60. The van der Waals surface area contributed by atoms with E-state index in [9.17, 15) is 9.59 Å². The Morgan fingerprint density at radius 1 is 1.23 bits per heavy atom. The molecule has 0 aliphatic heterocycles. The van der Waals surface area contributed by atoms with Crippen molar-refractivity contribution >= 4 is 33.8 Å². The third kappa shape index (κ3) is 3.75. The van der Waals surface area contributed by atoms with Gasteiger partial charge in [0.05, 0.1) is 16.1 Å². The Kier molecular flexibility index (Phi) is 5.34. The third-order valence-corrected chi connectivity index (χ3v) is 4.86. The topological polar surface area (TPSA) is 62.6 Å². The van der Waals surface area contributed by atoms with Crippen LogP contribution < -0.4 is 10.2 Å². The zero-order valence-corrected chi connectivity index (χ0v) is 15.1. The second-order valence-corrected chi connectivity index (χ2v) is 6.65. The fourth-order valence-electron chi connectivity index (χ4n) is 2.50. The van der Waals surface area contributed by atoms with Gasteiger partial charge in [0.15, 0.2) is 5.76 Å². The summed E-state index contributed by atoms with van der Waals surface area (Å²) in [5.74, 6) is -0.250. The summed E-state index contributed by atoms with van der Waals surface area (Å²) in [7, 11) is 0. The van der Waals surface area contributed by atoms with Crippen LogP contribution in [0.4, 0.5) is 10.7 Å². The quantitative estimate of drug-likeness (QED) is 0.641. The lowest BCUT2D eigenvalue weighted by molar-refractivity contribution is 0.0987. The van der Waals surface area contributed by atoms with Gasteiger partial charge in [0, 0.05) is 12.2 Å². The second-order valence-electron chi connectivity index (χ2n) is 5.59. The molecule has 0 unspecified atom stereocenters. The number of para-hydroxylation sites is 1. The summed E-state index contributed by atoms with van der Waals surface area (Å²) in [6.45, 7) is 5.99. The molecule has 0 radical (unpaired) electrons. The van der Waals surface area contributed by atoms with Crippen molar-refractivity contribution in [2.24, 2.45) is 0 Å². The van der Waals surface area contributed by atoms with Crippen molar-refractivity contribution in [3.8, 4) is 0 Å². The molecule has 1 N–H and O–H groups in total. The molecule has 0 atom stereocenters. The first-order valence-corrected chi connectivity index (χ1v) is 8.85. The standard InChI is InChI=1S/C20H18N2O3S/c1-3-11-22(15-8-5-4-6-9-15)20(24)18-14(2)13-17(26-18)21-19(23)16-10-7-12-25-16/h3-10,12-13H,1,11H2,2H3,(H,21,23). The molecule has 5 nitrogen and oxygen atoms in total. The molecule has 0 saturated carbocycles. The van der Waals surface area contributed by atoms with E-state index in [1.807, 2.05) is 37.3 Å². The molecule has 3 aromatic rings. The Morgan fingerprint density at radius 2 is 2.00 bits per heavy atom. The Bertz CT molecular complexity index is 914. The molecule has 0 aliphatic rings. The minimum Gasteiger partial charge on any atom is -0.459 e. The number of rotatable bonds is 6. The van der Waals surface area contributed by atoms with Gasteiger partial charge in [0.1, 0.15) is 0 Å². The summed E-state index contributed by atoms with van der Waals surface area (Å²) in [4.78, 5) is 27.4. The van der Waals surface area contributed by atoms with Crippen molar-refractivity contribution in [2.45, 2.75) is 6.92 Å². The van der Waals surface area contributed by atoms with E-state index in [1.165, 1.54) is 17.6 Å². The molecule has 3 rings (SSSR count). The summed E-state index contributed by atoms with van der Waals surface area (Å²) in [6.07, 6.45) is 3.13. The molecule has 26 heavy (non-hydrogen) atoms. The summed E-state index contributed by atoms with van der Waals surface area (Å²) in [6, 6.07) is 14.5. The van der Waals surface area contributed by atoms with Crippen molar-refractivity contribution in [2.75, 3.05) is 16.8 Å². The lowest BCUT2D eigenvalue weighted by Crippen LogP contribution is -2.30. The van der Waals surface area contributed by atoms with Gasteiger partial charge in [0.2, 0.25) is 0 Å². The number of furan rings is 1. The van der Waals surface area contributed by atoms with Crippen LogP contribution in [0.2, 0.25) is 0 Å². The van der Waals surface area contributed by atoms with E-state index in [0.717, 1.165) is 11.3 Å². The van der Waals surface area contributed by atoms with Crippen LogP contribution in [0, 0.1) is 6.92 Å². The van der Waals surface area contributed by atoms with Crippen molar-refractivity contribution in [1.82, 2.24) is 0 Å². The molecule has 0 spiro atoms. The van der Waals surface area contributed by atoms with Crippen molar-refractivity contribution in [1.29, 1.82) is 0 Å². The highest BCUT2D eigenvalue weighted by Gasteiger charge is 2.22. The van der Waals surface area contributed by atoms with Crippen LogP contribution >= 0.6 is 11.3 Å². The van der Waals surface area contributed by atoms with E-state index in [0.29, 0.717) is 16.4 Å². The Morgan fingerprint density at radius 3 is 2.65 bits per heavy atom. The van der Waals surface area contributed by atoms with Gasteiger partial charge in [-0.15, -0.1) is 17.9 Å². The molecule has 132 valence electrons. The molecule has 6 heteroatoms. The minimum atomic E-state index is -0.346. The molecule has 2 heterocycles. The van der Waals surface area contributed by atoms with Crippen LogP contribution in [0.15, 0.2) is 71.9 Å². The number of hydrogen-bond acceptors (Lipinski definition) is 4. The molecule has 1 aromatic carbocycles. The van der Waals surface area contributed by atoms with Crippen LogP contribution in [0.25, 0.3) is 0 Å². The lowest BCUT2D eigenvalue weighted by Gasteiger charge is -2.21. The normalized spacial score (nSPS) is 10.3. The van der Waals surface area contributed by atoms with Crippen molar-refractivity contribution in [3.05, 3.63) is 83.6 Å². The maximum Gasteiger partial charge on any atom is 0.291 e. The fraction of sp³-hybridized carbons (Fsp3) is 0.100. The number of carbonyl (C=O) groups excluding carboxylic acids is 2. The minimum absolute atomic E-state index is 0.128. The number of nitrogens with zero attached hydrogens (tertiary/aromatic N) is 1. The smallest absolute Gasteiger partial charge is 0.291 e. The monoisotopic (exact) mass is 366 g/mol. The maximum atomic E-state index is 13.0. The van der Waals surface area contributed by atoms with Gasteiger partial charge in [-0.1, -0.05) is 24.3 Å². The molecule has 0 aliphatic carbocycles. The van der Waals surface area contributed by atoms with Crippen molar-refractivity contribution in [3.63, 3.8) is 0 Å². The fourth-order valence-corrected chi connectivity index (χ4v) is 3.52. The molecular weight excluding hydrogens is 348 g/mol. The summed E-state index contributed by atoms with van der Waals surface area (Å²) < 4.78 is 5.09.